The Morgan fingerprint density at radius 2 is 2.00 bits per heavy atom. The predicted octanol–water partition coefficient (Wildman–Crippen LogP) is 2.66. The van der Waals surface area contributed by atoms with E-state index < -0.39 is 11.7 Å². The maximum atomic E-state index is 13.0. The first kappa shape index (κ1) is 13.4. The molecule has 2 atom stereocenters. The summed E-state index contributed by atoms with van der Waals surface area (Å²) < 4.78 is 39.0. The molecule has 0 saturated carbocycles. The minimum atomic E-state index is -4.31. The fourth-order valence-electron chi connectivity index (χ4n) is 2.78. The fraction of sp³-hybridized carbons (Fsp3) is 0.538. The van der Waals surface area contributed by atoms with E-state index in [-0.39, 0.29) is 12.0 Å². The van der Waals surface area contributed by atoms with Crippen LogP contribution in [0.15, 0.2) is 24.3 Å². The van der Waals surface area contributed by atoms with Crippen LogP contribution in [0.1, 0.15) is 23.6 Å². The van der Waals surface area contributed by atoms with Crippen LogP contribution in [0, 0.1) is 5.92 Å². The first-order valence-electron chi connectivity index (χ1n) is 6.01. The van der Waals surface area contributed by atoms with E-state index in [1.165, 1.54) is 6.07 Å². The molecule has 1 aliphatic rings. The maximum absolute atomic E-state index is 13.0. The normalized spacial score (nSPS) is 25.6. The number of hydrogen-bond donors (Lipinski definition) is 1. The summed E-state index contributed by atoms with van der Waals surface area (Å²) >= 11 is 0. The summed E-state index contributed by atoms with van der Waals surface area (Å²) in [5.41, 5.74) is 5.48. The monoisotopic (exact) mass is 258 g/mol. The van der Waals surface area contributed by atoms with Gasteiger partial charge < -0.3 is 5.73 Å². The average molecular weight is 258 g/mol. The van der Waals surface area contributed by atoms with Crippen LogP contribution in [0.4, 0.5) is 13.2 Å². The smallest absolute Gasteiger partial charge is 0.330 e. The molecule has 0 spiro atoms. The summed E-state index contributed by atoms with van der Waals surface area (Å²) in [6, 6.07) is 5.57. The summed E-state index contributed by atoms with van der Waals surface area (Å²) in [7, 11) is 1.85. The Morgan fingerprint density at radius 3 is 2.61 bits per heavy atom. The number of nitrogens with zero attached hydrogens (tertiary/aromatic N) is 1. The number of alkyl halides is 3. The van der Waals surface area contributed by atoms with Gasteiger partial charge in [-0.1, -0.05) is 18.2 Å². The number of nitrogens with two attached hydrogens (primary N) is 1. The first-order valence-corrected chi connectivity index (χ1v) is 6.01. The highest BCUT2D eigenvalue weighted by Gasteiger charge is 2.39. The van der Waals surface area contributed by atoms with Gasteiger partial charge in [-0.3, -0.25) is 4.90 Å². The van der Waals surface area contributed by atoms with Gasteiger partial charge in [-0.15, -0.1) is 0 Å². The van der Waals surface area contributed by atoms with Crippen LogP contribution < -0.4 is 5.73 Å². The zero-order valence-electron chi connectivity index (χ0n) is 10.2. The quantitative estimate of drug-likeness (QED) is 0.883. The van der Waals surface area contributed by atoms with Crippen molar-refractivity contribution in [3.05, 3.63) is 35.4 Å². The highest BCUT2D eigenvalue weighted by Crippen LogP contribution is 2.41. The Balaban J connectivity index is 2.44. The Kier molecular flexibility index (Phi) is 3.64. The van der Waals surface area contributed by atoms with Gasteiger partial charge in [-0.25, -0.2) is 0 Å². The van der Waals surface area contributed by atoms with Crippen molar-refractivity contribution in [2.24, 2.45) is 11.7 Å². The number of halogens is 3. The molecule has 0 bridgehead atoms. The molecule has 0 amide bonds. The molecule has 2 rings (SSSR count). The van der Waals surface area contributed by atoms with Crippen LogP contribution in [0.5, 0.6) is 0 Å². The molecule has 1 fully saturated rings. The molecule has 2 N–H and O–H groups in total. The van der Waals surface area contributed by atoms with Crippen LogP contribution in [-0.4, -0.2) is 25.0 Å². The molecule has 1 aromatic carbocycles. The second-order valence-corrected chi connectivity index (χ2v) is 4.79. The molecular formula is C13H17F3N2. The third-order valence-electron chi connectivity index (χ3n) is 3.66. The molecule has 5 heteroatoms. The summed E-state index contributed by atoms with van der Waals surface area (Å²) in [5, 5.41) is 0. The molecule has 1 aliphatic heterocycles. The van der Waals surface area contributed by atoms with Gasteiger partial charge >= 0.3 is 6.18 Å². The Labute approximate surface area is 105 Å². The van der Waals surface area contributed by atoms with Gasteiger partial charge in [0, 0.05) is 6.04 Å². The van der Waals surface area contributed by atoms with E-state index in [9.17, 15) is 13.2 Å². The molecule has 18 heavy (non-hydrogen) atoms. The molecule has 0 radical (unpaired) electrons. The lowest BCUT2D eigenvalue weighted by molar-refractivity contribution is -0.138. The van der Waals surface area contributed by atoms with Crippen molar-refractivity contribution in [1.29, 1.82) is 0 Å². The molecule has 2 nitrogen and oxygen atoms in total. The molecule has 1 heterocycles. The summed E-state index contributed by atoms with van der Waals surface area (Å²) in [6.45, 7) is 1.21. The van der Waals surface area contributed by atoms with Crippen molar-refractivity contribution in [2.45, 2.75) is 18.6 Å². The molecule has 0 aromatic heterocycles. The largest absolute Gasteiger partial charge is 0.416 e. The minimum absolute atomic E-state index is 0.0958. The van der Waals surface area contributed by atoms with Crippen LogP contribution in [-0.2, 0) is 6.18 Å². The van der Waals surface area contributed by atoms with Crippen molar-refractivity contribution < 1.29 is 13.2 Å². The van der Waals surface area contributed by atoms with Gasteiger partial charge in [0.2, 0.25) is 0 Å². The van der Waals surface area contributed by atoms with Gasteiger partial charge in [0.1, 0.15) is 0 Å². The maximum Gasteiger partial charge on any atom is 0.416 e. The van der Waals surface area contributed by atoms with E-state index >= 15 is 0 Å². The number of likely N-dealkylation sites (tertiary alicyclic amines) is 1. The molecule has 100 valence electrons. The van der Waals surface area contributed by atoms with E-state index in [1.807, 2.05) is 11.9 Å². The van der Waals surface area contributed by atoms with Crippen LogP contribution in [0.25, 0.3) is 0 Å². The molecule has 2 unspecified atom stereocenters. The summed E-state index contributed by atoms with van der Waals surface area (Å²) in [5.74, 6) is 0.0958. The first-order chi connectivity index (χ1) is 8.45. The third kappa shape index (κ3) is 2.37. The van der Waals surface area contributed by atoms with E-state index in [0.717, 1.165) is 19.0 Å². The van der Waals surface area contributed by atoms with Crippen molar-refractivity contribution in [3.8, 4) is 0 Å². The standard InChI is InChI=1S/C13H17F3N2/c1-18-7-6-9(8-17)12(18)10-4-2-3-5-11(10)13(14,15)16/h2-5,9,12H,6-8,17H2,1H3. The minimum Gasteiger partial charge on any atom is -0.330 e. The van der Waals surface area contributed by atoms with Gasteiger partial charge in [-0.2, -0.15) is 13.2 Å². The van der Waals surface area contributed by atoms with E-state index in [1.54, 1.807) is 12.1 Å². The zero-order chi connectivity index (χ0) is 13.3. The lowest BCUT2D eigenvalue weighted by atomic mass is 9.90. The predicted molar refractivity (Wildman–Crippen MR) is 64.0 cm³/mol. The lowest BCUT2D eigenvalue weighted by Crippen LogP contribution is -2.27. The molecule has 1 saturated heterocycles. The SMILES string of the molecule is CN1CCC(CN)C1c1ccccc1C(F)(F)F. The summed E-state index contributed by atoms with van der Waals surface area (Å²) in [4.78, 5) is 1.96. The van der Waals surface area contributed by atoms with Crippen molar-refractivity contribution in [1.82, 2.24) is 4.90 Å². The van der Waals surface area contributed by atoms with Gasteiger partial charge in [0.05, 0.1) is 5.56 Å². The Hall–Kier alpha value is -1.07. The number of hydrogen-bond acceptors (Lipinski definition) is 2. The lowest BCUT2D eigenvalue weighted by Gasteiger charge is -2.27. The Morgan fingerprint density at radius 1 is 1.33 bits per heavy atom. The molecule has 1 aromatic rings. The highest BCUT2D eigenvalue weighted by atomic mass is 19.4. The van der Waals surface area contributed by atoms with Gasteiger partial charge in [0.25, 0.3) is 0 Å². The van der Waals surface area contributed by atoms with E-state index in [0.29, 0.717) is 12.1 Å². The fourth-order valence-corrected chi connectivity index (χ4v) is 2.78. The highest BCUT2D eigenvalue weighted by molar-refractivity contribution is 5.33. The summed E-state index contributed by atoms with van der Waals surface area (Å²) in [6.07, 6.45) is -3.46. The van der Waals surface area contributed by atoms with E-state index in [4.69, 9.17) is 5.73 Å². The Bertz CT molecular complexity index is 417. The van der Waals surface area contributed by atoms with Crippen molar-refractivity contribution in [3.63, 3.8) is 0 Å². The average Bonchev–Trinajstić information content (AvgIpc) is 2.69. The molecular weight excluding hydrogens is 241 g/mol. The van der Waals surface area contributed by atoms with Gasteiger partial charge in [-0.05, 0) is 44.1 Å². The topological polar surface area (TPSA) is 29.3 Å². The van der Waals surface area contributed by atoms with Crippen molar-refractivity contribution in [2.75, 3.05) is 20.1 Å². The second kappa shape index (κ2) is 4.90. The van der Waals surface area contributed by atoms with Gasteiger partial charge in [0.15, 0.2) is 0 Å². The van der Waals surface area contributed by atoms with Crippen LogP contribution >= 0.6 is 0 Å². The number of benzene rings is 1. The van der Waals surface area contributed by atoms with Crippen molar-refractivity contribution >= 4 is 0 Å². The molecule has 0 aliphatic carbocycles. The second-order valence-electron chi connectivity index (χ2n) is 4.79. The van der Waals surface area contributed by atoms with Crippen LogP contribution in [0.3, 0.4) is 0 Å². The van der Waals surface area contributed by atoms with E-state index in [2.05, 4.69) is 0 Å². The number of rotatable bonds is 2. The third-order valence-corrected chi connectivity index (χ3v) is 3.66. The van der Waals surface area contributed by atoms with Crippen LogP contribution in [0.2, 0.25) is 0 Å². The zero-order valence-corrected chi connectivity index (χ0v) is 10.2.